The molecule has 1 unspecified atom stereocenters. The number of likely N-dealkylation sites (N-methyl/N-ethyl adjacent to an activating group) is 2. The molecule has 21 heavy (non-hydrogen) atoms. The molecule has 116 valence electrons. The molecule has 1 atom stereocenters. The molecule has 5 heteroatoms. The number of nitrogens with two attached hydrogens (primary N) is 1. The van der Waals surface area contributed by atoms with Gasteiger partial charge in [0.15, 0.2) is 0 Å². The largest absolute Gasteiger partial charge is 0.340 e. The normalized spacial score (nSPS) is 18.8. The standard InChI is InChI=1S/C16H26N4O/c1-4-20-9-5-6-13(20)11-19(3)16(21)14-10-12(2)7-8-15(14)18-17/h7-8,10,13,18H,4-6,9,11,17H2,1-3H3. The molecule has 3 N–H and O–H groups in total. The summed E-state index contributed by atoms with van der Waals surface area (Å²) in [5, 5.41) is 0. The lowest BCUT2D eigenvalue weighted by Crippen LogP contribution is -2.41. The Balaban J connectivity index is 2.10. The molecule has 0 aromatic heterocycles. The third-order valence-electron chi connectivity index (χ3n) is 4.30. The molecule has 1 aromatic carbocycles. The highest BCUT2D eigenvalue weighted by Crippen LogP contribution is 2.21. The van der Waals surface area contributed by atoms with Crippen molar-refractivity contribution >= 4 is 11.6 Å². The molecular weight excluding hydrogens is 264 g/mol. The van der Waals surface area contributed by atoms with Crippen molar-refractivity contribution in [3.8, 4) is 0 Å². The number of nitrogens with one attached hydrogen (secondary N) is 1. The van der Waals surface area contributed by atoms with Gasteiger partial charge in [0, 0.05) is 19.6 Å². The smallest absolute Gasteiger partial charge is 0.255 e. The number of hydrogen-bond acceptors (Lipinski definition) is 4. The first kappa shape index (κ1) is 15.8. The van der Waals surface area contributed by atoms with E-state index in [1.165, 1.54) is 12.8 Å². The van der Waals surface area contributed by atoms with Gasteiger partial charge < -0.3 is 10.3 Å². The minimum atomic E-state index is 0.0228. The number of amides is 1. The van der Waals surface area contributed by atoms with Crippen molar-refractivity contribution in [1.29, 1.82) is 0 Å². The average Bonchev–Trinajstić information content (AvgIpc) is 2.93. The summed E-state index contributed by atoms with van der Waals surface area (Å²) in [5.41, 5.74) is 4.99. The first-order valence-corrected chi connectivity index (χ1v) is 7.63. The molecule has 1 aliphatic heterocycles. The molecule has 2 rings (SSSR count). The van der Waals surface area contributed by atoms with E-state index in [0.29, 0.717) is 17.3 Å². The fourth-order valence-corrected chi connectivity index (χ4v) is 3.08. The fraction of sp³-hybridized carbons (Fsp3) is 0.562. The molecule has 0 bridgehead atoms. The van der Waals surface area contributed by atoms with E-state index in [1.54, 1.807) is 0 Å². The van der Waals surface area contributed by atoms with Crippen molar-refractivity contribution in [2.75, 3.05) is 32.1 Å². The molecular formula is C16H26N4O. The number of nitrogens with zero attached hydrogens (tertiary/aromatic N) is 2. The van der Waals surface area contributed by atoms with E-state index in [4.69, 9.17) is 5.84 Å². The van der Waals surface area contributed by atoms with Crippen LogP contribution < -0.4 is 11.3 Å². The number of anilines is 1. The molecule has 0 saturated carbocycles. The van der Waals surface area contributed by atoms with Crippen LogP contribution in [-0.4, -0.2) is 48.4 Å². The quantitative estimate of drug-likeness (QED) is 0.641. The predicted octanol–water partition coefficient (Wildman–Crippen LogP) is 1.84. The van der Waals surface area contributed by atoms with Crippen LogP contribution in [0.4, 0.5) is 5.69 Å². The van der Waals surface area contributed by atoms with Crippen molar-refractivity contribution in [3.05, 3.63) is 29.3 Å². The molecule has 1 fully saturated rings. The van der Waals surface area contributed by atoms with E-state index >= 15 is 0 Å². The van der Waals surface area contributed by atoms with E-state index in [0.717, 1.165) is 25.2 Å². The maximum absolute atomic E-state index is 12.7. The number of hydrazine groups is 1. The van der Waals surface area contributed by atoms with Crippen LogP contribution >= 0.6 is 0 Å². The lowest BCUT2D eigenvalue weighted by Gasteiger charge is -2.28. The Kier molecular flexibility index (Phi) is 5.20. The predicted molar refractivity (Wildman–Crippen MR) is 86.2 cm³/mol. The maximum Gasteiger partial charge on any atom is 0.255 e. The summed E-state index contributed by atoms with van der Waals surface area (Å²) < 4.78 is 0. The topological polar surface area (TPSA) is 61.6 Å². The van der Waals surface area contributed by atoms with Crippen molar-refractivity contribution in [3.63, 3.8) is 0 Å². The number of carbonyl (C=O) groups is 1. The zero-order valence-electron chi connectivity index (χ0n) is 13.2. The van der Waals surface area contributed by atoms with E-state index in [-0.39, 0.29) is 5.91 Å². The van der Waals surface area contributed by atoms with Gasteiger partial charge in [-0.05, 0) is 45.0 Å². The summed E-state index contributed by atoms with van der Waals surface area (Å²) in [6.45, 7) is 7.12. The third-order valence-corrected chi connectivity index (χ3v) is 4.30. The van der Waals surface area contributed by atoms with Gasteiger partial charge in [0.1, 0.15) is 0 Å². The van der Waals surface area contributed by atoms with E-state index < -0.39 is 0 Å². The second-order valence-electron chi connectivity index (χ2n) is 5.80. The van der Waals surface area contributed by atoms with Crippen LogP contribution in [0.3, 0.4) is 0 Å². The second kappa shape index (κ2) is 6.91. The van der Waals surface area contributed by atoms with E-state index in [1.807, 2.05) is 37.1 Å². The number of nitrogen functional groups attached to an aromatic ring is 1. The van der Waals surface area contributed by atoms with Crippen molar-refractivity contribution in [1.82, 2.24) is 9.80 Å². The van der Waals surface area contributed by atoms with Crippen molar-refractivity contribution < 1.29 is 4.79 Å². The van der Waals surface area contributed by atoms with Gasteiger partial charge >= 0.3 is 0 Å². The first-order chi connectivity index (χ1) is 10.1. The Hall–Kier alpha value is -1.59. The number of benzene rings is 1. The van der Waals surface area contributed by atoms with Gasteiger partial charge in [-0.15, -0.1) is 0 Å². The molecule has 0 spiro atoms. The number of hydrogen-bond donors (Lipinski definition) is 2. The van der Waals surface area contributed by atoms with Gasteiger partial charge in [-0.1, -0.05) is 18.6 Å². The first-order valence-electron chi connectivity index (χ1n) is 7.63. The molecule has 0 aliphatic carbocycles. The zero-order valence-corrected chi connectivity index (χ0v) is 13.2. The van der Waals surface area contributed by atoms with E-state index in [2.05, 4.69) is 17.2 Å². The minimum Gasteiger partial charge on any atom is -0.340 e. The molecule has 1 heterocycles. The Morgan fingerprint density at radius 2 is 2.29 bits per heavy atom. The lowest BCUT2D eigenvalue weighted by atomic mass is 10.1. The van der Waals surface area contributed by atoms with Crippen LogP contribution in [0.1, 0.15) is 35.7 Å². The summed E-state index contributed by atoms with van der Waals surface area (Å²) in [4.78, 5) is 16.9. The summed E-state index contributed by atoms with van der Waals surface area (Å²) >= 11 is 0. The zero-order chi connectivity index (χ0) is 15.4. The Morgan fingerprint density at radius 3 is 2.95 bits per heavy atom. The van der Waals surface area contributed by atoms with Gasteiger partial charge in [-0.25, -0.2) is 0 Å². The van der Waals surface area contributed by atoms with Gasteiger partial charge in [0.25, 0.3) is 5.91 Å². The number of rotatable bonds is 5. The monoisotopic (exact) mass is 290 g/mol. The van der Waals surface area contributed by atoms with Gasteiger partial charge in [-0.3, -0.25) is 15.5 Å². The van der Waals surface area contributed by atoms with Crippen LogP contribution in [0, 0.1) is 6.92 Å². The number of aryl methyl sites for hydroxylation is 1. The molecule has 0 radical (unpaired) electrons. The Labute approximate surface area is 127 Å². The van der Waals surface area contributed by atoms with Gasteiger partial charge in [0.2, 0.25) is 0 Å². The molecule has 5 nitrogen and oxygen atoms in total. The van der Waals surface area contributed by atoms with E-state index in [9.17, 15) is 4.79 Å². The van der Waals surface area contributed by atoms with Gasteiger partial charge in [-0.2, -0.15) is 0 Å². The highest BCUT2D eigenvalue weighted by atomic mass is 16.2. The molecule has 1 saturated heterocycles. The molecule has 1 aliphatic rings. The summed E-state index contributed by atoms with van der Waals surface area (Å²) in [5.74, 6) is 5.54. The Morgan fingerprint density at radius 1 is 1.52 bits per heavy atom. The minimum absolute atomic E-state index is 0.0228. The summed E-state index contributed by atoms with van der Waals surface area (Å²) in [6, 6.07) is 6.16. The van der Waals surface area contributed by atoms with Crippen LogP contribution in [0.15, 0.2) is 18.2 Å². The lowest BCUT2D eigenvalue weighted by molar-refractivity contribution is 0.0755. The van der Waals surface area contributed by atoms with Crippen molar-refractivity contribution in [2.24, 2.45) is 5.84 Å². The maximum atomic E-state index is 12.7. The SMILES string of the molecule is CCN1CCCC1CN(C)C(=O)c1cc(C)ccc1NN. The molecule has 1 aromatic rings. The number of carbonyl (C=O) groups excluding carboxylic acids is 1. The van der Waals surface area contributed by atoms with Crippen LogP contribution in [0.2, 0.25) is 0 Å². The van der Waals surface area contributed by atoms with Crippen LogP contribution in [0.25, 0.3) is 0 Å². The van der Waals surface area contributed by atoms with Crippen LogP contribution in [0.5, 0.6) is 0 Å². The molecule has 1 amide bonds. The fourth-order valence-electron chi connectivity index (χ4n) is 3.08. The van der Waals surface area contributed by atoms with Crippen molar-refractivity contribution in [2.45, 2.75) is 32.7 Å². The van der Waals surface area contributed by atoms with Gasteiger partial charge in [0.05, 0.1) is 11.3 Å². The third kappa shape index (κ3) is 3.54. The summed E-state index contributed by atoms with van der Waals surface area (Å²) in [7, 11) is 1.87. The number of likely N-dealkylation sites (tertiary alicyclic amines) is 1. The highest BCUT2D eigenvalue weighted by Gasteiger charge is 2.26. The Bertz CT molecular complexity index is 503. The van der Waals surface area contributed by atoms with Crippen LogP contribution in [-0.2, 0) is 0 Å². The summed E-state index contributed by atoms with van der Waals surface area (Å²) in [6.07, 6.45) is 2.39. The second-order valence-corrected chi connectivity index (χ2v) is 5.80. The average molecular weight is 290 g/mol. The highest BCUT2D eigenvalue weighted by molar-refractivity contribution is 5.99.